The van der Waals surface area contributed by atoms with E-state index in [-0.39, 0.29) is 24.0 Å². The third kappa shape index (κ3) is 10.1. The summed E-state index contributed by atoms with van der Waals surface area (Å²) in [5, 5.41) is 16.7. The molecule has 3 N–H and O–H groups in total. The molecule has 0 aromatic heterocycles. The van der Waals surface area contributed by atoms with E-state index in [9.17, 15) is 5.11 Å². The number of thioether (sulfide) groups is 1. The van der Waals surface area contributed by atoms with E-state index in [1.165, 1.54) is 0 Å². The molecule has 1 fully saturated rings. The molecule has 1 heterocycles. The molecule has 1 aliphatic heterocycles. The van der Waals surface area contributed by atoms with E-state index < -0.39 is 5.60 Å². The van der Waals surface area contributed by atoms with Gasteiger partial charge < -0.3 is 20.5 Å². The molecule has 0 saturated carbocycles. The molecule has 1 saturated heterocycles. The monoisotopic (exact) mass is 445 g/mol. The van der Waals surface area contributed by atoms with Gasteiger partial charge in [0.1, 0.15) is 0 Å². The van der Waals surface area contributed by atoms with Crippen LogP contribution >= 0.6 is 35.7 Å². The molecule has 1 unspecified atom stereocenters. The fourth-order valence-electron chi connectivity index (χ4n) is 1.95. The number of aliphatic imine (C=N–C) groups is 1. The van der Waals surface area contributed by atoms with Crippen molar-refractivity contribution in [3.05, 3.63) is 0 Å². The van der Waals surface area contributed by atoms with Gasteiger partial charge in [-0.3, -0.25) is 4.99 Å². The third-order valence-corrected chi connectivity index (χ3v) is 4.57. The first-order valence-electron chi connectivity index (χ1n) is 7.96. The minimum atomic E-state index is -0.624. The smallest absolute Gasteiger partial charge is 0.191 e. The Morgan fingerprint density at radius 2 is 2.14 bits per heavy atom. The SMILES string of the molecule is CCNC(=NCC1(O)CCSC1)NCCOCCC(C)C.I. The lowest BCUT2D eigenvalue weighted by molar-refractivity contribution is 0.0778. The summed E-state index contributed by atoms with van der Waals surface area (Å²) in [4.78, 5) is 4.49. The molecule has 1 rings (SSSR count). The average Bonchev–Trinajstić information content (AvgIpc) is 2.87. The summed E-state index contributed by atoms with van der Waals surface area (Å²) in [6.07, 6.45) is 1.93. The molecule has 5 nitrogen and oxygen atoms in total. The van der Waals surface area contributed by atoms with Gasteiger partial charge >= 0.3 is 0 Å². The number of guanidine groups is 1. The Hall–Kier alpha value is 0.270. The maximum Gasteiger partial charge on any atom is 0.191 e. The van der Waals surface area contributed by atoms with Crippen LogP contribution in [0.4, 0.5) is 0 Å². The van der Waals surface area contributed by atoms with Gasteiger partial charge in [0.2, 0.25) is 0 Å². The van der Waals surface area contributed by atoms with Crippen molar-refractivity contribution in [1.82, 2.24) is 10.6 Å². The van der Waals surface area contributed by atoms with Crippen LogP contribution in [0.1, 0.15) is 33.6 Å². The van der Waals surface area contributed by atoms with Gasteiger partial charge in [0.05, 0.1) is 18.8 Å². The second-order valence-corrected chi connectivity index (χ2v) is 7.05. The summed E-state index contributed by atoms with van der Waals surface area (Å²) in [7, 11) is 0. The number of rotatable bonds is 9. The normalized spacial score (nSPS) is 21.8. The van der Waals surface area contributed by atoms with E-state index in [1.807, 2.05) is 6.92 Å². The van der Waals surface area contributed by atoms with Crippen molar-refractivity contribution >= 4 is 41.7 Å². The molecule has 7 heteroatoms. The first-order valence-corrected chi connectivity index (χ1v) is 9.11. The molecule has 22 heavy (non-hydrogen) atoms. The molecule has 1 aliphatic rings. The van der Waals surface area contributed by atoms with Gasteiger partial charge in [-0.1, -0.05) is 13.8 Å². The zero-order valence-corrected chi connectivity index (χ0v) is 17.2. The Bertz CT molecular complexity index is 311. The van der Waals surface area contributed by atoms with Gasteiger partial charge in [-0.15, -0.1) is 24.0 Å². The highest BCUT2D eigenvalue weighted by molar-refractivity contribution is 14.0. The molecule has 132 valence electrons. The van der Waals surface area contributed by atoms with Crippen LogP contribution in [0.3, 0.4) is 0 Å². The number of hydrogen-bond donors (Lipinski definition) is 3. The highest BCUT2D eigenvalue weighted by Gasteiger charge is 2.31. The maximum atomic E-state index is 10.3. The average molecular weight is 445 g/mol. The number of hydrogen-bond acceptors (Lipinski definition) is 4. The van der Waals surface area contributed by atoms with Crippen molar-refractivity contribution in [3.63, 3.8) is 0 Å². The van der Waals surface area contributed by atoms with Gasteiger partial charge in [0.15, 0.2) is 5.96 Å². The van der Waals surface area contributed by atoms with Crippen LogP contribution in [0, 0.1) is 5.92 Å². The Balaban J connectivity index is 0.00000441. The molecular weight excluding hydrogens is 413 g/mol. The molecule has 0 bridgehead atoms. The minimum absolute atomic E-state index is 0. The number of nitrogens with zero attached hydrogens (tertiary/aromatic N) is 1. The molecule has 0 aliphatic carbocycles. The highest BCUT2D eigenvalue weighted by Crippen LogP contribution is 2.27. The van der Waals surface area contributed by atoms with Crippen LogP contribution in [-0.4, -0.2) is 61.0 Å². The first-order chi connectivity index (χ1) is 10.1. The first kappa shape index (κ1) is 22.3. The zero-order valence-electron chi connectivity index (χ0n) is 14.1. The second-order valence-electron chi connectivity index (χ2n) is 5.94. The highest BCUT2D eigenvalue weighted by atomic mass is 127. The van der Waals surface area contributed by atoms with Crippen molar-refractivity contribution in [2.24, 2.45) is 10.9 Å². The van der Waals surface area contributed by atoms with Gasteiger partial charge in [-0.2, -0.15) is 11.8 Å². The van der Waals surface area contributed by atoms with Crippen molar-refractivity contribution in [3.8, 4) is 0 Å². The summed E-state index contributed by atoms with van der Waals surface area (Å²) in [5.41, 5.74) is -0.624. The molecule has 0 amide bonds. The Morgan fingerprint density at radius 1 is 1.36 bits per heavy atom. The summed E-state index contributed by atoms with van der Waals surface area (Å²) in [6.45, 7) is 9.93. The zero-order chi connectivity index (χ0) is 15.6. The Kier molecular flexibility index (Phi) is 12.8. The lowest BCUT2D eigenvalue weighted by Gasteiger charge is -2.19. The summed E-state index contributed by atoms with van der Waals surface area (Å²) >= 11 is 1.80. The van der Waals surface area contributed by atoms with Gasteiger partial charge in [-0.25, -0.2) is 0 Å². The van der Waals surface area contributed by atoms with Crippen LogP contribution in [-0.2, 0) is 4.74 Å². The van der Waals surface area contributed by atoms with E-state index in [1.54, 1.807) is 11.8 Å². The summed E-state index contributed by atoms with van der Waals surface area (Å²) < 4.78 is 5.57. The van der Waals surface area contributed by atoms with E-state index in [4.69, 9.17) is 4.74 Å². The Morgan fingerprint density at radius 3 is 2.73 bits per heavy atom. The molecule has 0 aromatic carbocycles. The molecule has 0 radical (unpaired) electrons. The van der Waals surface area contributed by atoms with Gasteiger partial charge in [0.25, 0.3) is 0 Å². The van der Waals surface area contributed by atoms with Crippen LogP contribution < -0.4 is 10.6 Å². The fourth-order valence-corrected chi connectivity index (χ4v) is 3.24. The van der Waals surface area contributed by atoms with E-state index in [0.717, 1.165) is 50.0 Å². The minimum Gasteiger partial charge on any atom is -0.387 e. The van der Waals surface area contributed by atoms with E-state index in [0.29, 0.717) is 19.1 Å². The van der Waals surface area contributed by atoms with Crippen molar-refractivity contribution in [2.75, 3.05) is 44.4 Å². The van der Waals surface area contributed by atoms with Gasteiger partial charge in [0, 0.05) is 25.4 Å². The van der Waals surface area contributed by atoms with Crippen molar-refractivity contribution in [1.29, 1.82) is 0 Å². The van der Waals surface area contributed by atoms with Crippen molar-refractivity contribution < 1.29 is 9.84 Å². The molecule has 0 spiro atoms. The lowest BCUT2D eigenvalue weighted by atomic mass is 10.1. The van der Waals surface area contributed by atoms with Crippen LogP contribution in [0.5, 0.6) is 0 Å². The standard InChI is InChI=1S/C15H31N3O2S.HI/c1-4-16-14(17-7-9-20-8-5-13(2)3)18-11-15(19)6-10-21-12-15;/h13,19H,4-12H2,1-3H3,(H2,16,17,18);1H. The van der Waals surface area contributed by atoms with Crippen LogP contribution in [0.2, 0.25) is 0 Å². The second kappa shape index (κ2) is 12.7. The predicted molar refractivity (Wildman–Crippen MR) is 107 cm³/mol. The predicted octanol–water partition coefficient (Wildman–Crippen LogP) is 2.09. The largest absolute Gasteiger partial charge is 0.387 e. The topological polar surface area (TPSA) is 65.9 Å². The fraction of sp³-hybridized carbons (Fsp3) is 0.933. The lowest BCUT2D eigenvalue weighted by Crippen LogP contribution is -2.41. The van der Waals surface area contributed by atoms with Crippen molar-refractivity contribution in [2.45, 2.75) is 39.2 Å². The summed E-state index contributed by atoms with van der Waals surface area (Å²) in [6, 6.07) is 0. The quantitative estimate of drug-likeness (QED) is 0.220. The third-order valence-electron chi connectivity index (χ3n) is 3.34. The molecule has 1 atom stereocenters. The van der Waals surface area contributed by atoms with Crippen LogP contribution in [0.15, 0.2) is 4.99 Å². The number of halogens is 1. The van der Waals surface area contributed by atoms with E-state index in [2.05, 4.69) is 29.5 Å². The maximum absolute atomic E-state index is 10.3. The molecular formula is C15H32IN3O2S. The Labute approximate surface area is 156 Å². The van der Waals surface area contributed by atoms with E-state index >= 15 is 0 Å². The number of aliphatic hydroxyl groups is 1. The van der Waals surface area contributed by atoms with Gasteiger partial charge in [-0.05, 0) is 31.4 Å². The summed E-state index contributed by atoms with van der Waals surface area (Å²) in [5.74, 6) is 3.26. The molecule has 0 aromatic rings. The number of nitrogens with one attached hydrogen (secondary N) is 2. The number of ether oxygens (including phenoxy) is 1. The van der Waals surface area contributed by atoms with Crippen LogP contribution in [0.25, 0.3) is 0 Å².